The number of rotatable bonds is 8. The van der Waals surface area contributed by atoms with E-state index in [4.69, 9.17) is 0 Å². The summed E-state index contributed by atoms with van der Waals surface area (Å²) >= 11 is 1.76. The molecule has 0 fully saturated rings. The summed E-state index contributed by atoms with van der Waals surface area (Å²) in [5.41, 5.74) is 2.00. The molecular weight excluding hydrogens is 361 g/mol. The number of thiazole rings is 1. The lowest BCUT2D eigenvalue weighted by Crippen LogP contribution is -2.38. The number of aromatic nitrogens is 2. The SMILES string of the molecule is CCNC(=NCCc1ncc(CC)s1)NCCc1c[nH]c2cc(F)ccc12. The van der Waals surface area contributed by atoms with Crippen LogP contribution in [0.1, 0.15) is 29.3 Å². The summed E-state index contributed by atoms with van der Waals surface area (Å²) in [6, 6.07) is 4.86. The molecule has 0 saturated heterocycles. The van der Waals surface area contributed by atoms with E-state index in [0.29, 0.717) is 6.54 Å². The normalized spacial score (nSPS) is 11.9. The van der Waals surface area contributed by atoms with E-state index >= 15 is 0 Å². The van der Waals surface area contributed by atoms with Gasteiger partial charge in [-0.3, -0.25) is 4.99 Å². The fourth-order valence-corrected chi connectivity index (χ4v) is 3.76. The summed E-state index contributed by atoms with van der Waals surface area (Å²) in [6.45, 7) is 6.48. The number of benzene rings is 1. The molecule has 0 unspecified atom stereocenters. The Balaban J connectivity index is 1.52. The molecule has 144 valence electrons. The van der Waals surface area contributed by atoms with E-state index in [2.05, 4.69) is 39.4 Å². The molecule has 2 heterocycles. The van der Waals surface area contributed by atoms with Crippen LogP contribution in [0.4, 0.5) is 4.39 Å². The van der Waals surface area contributed by atoms with Crippen molar-refractivity contribution in [3.05, 3.63) is 51.9 Å². The molecular formula is C20H26FN5S. The van der Waals surface area contributed by atoms with Crippen molar-refractivity contribution in [2.45, 2.75) is 33.1 Å². The molecule has 3 N–H and O–H groups in total. The van der Waals surface area contributed by atoms with E-state index in [1.165, 1.54) is 22.6 Å². The highest BCUT2D eigenvalue weighted by Gasteiger charge is 2.05. The predicted octanol–water partition coefficient (Wildman–Crippen LogP) is 3.67. The molecule has 0 aliphatic rings. The van der Waals surface area contributed by atoms with Crippen molar-refractivity contribution in [3.63, 3.8) is 0 Å². The zero-order chi connectivity index (χ0) is 19.1. The Labute approximate surface area is 163 Å². The van der Waals surface area contributed by atoms with Crippen LogP contribution in [0.25, 0.3) is 10.9 Å². The van der Waals surface area contributed by atoms with Gasteiger partial charge in [0.1, 0.15) is 5.82 Å². The van der Waals surface area contributed by atoms with Gasteiger partial charge in [-0.15, -0.1) is 11.3 Å². The van der Waals surface area contributed by atoms with Gasteiger partial charge in [-0.1, -0.05) is 6.92 Å². The van der Waals surface area contributed by atoms with Crippen molar-refractivity contribution in [2.75, 3.05) is 19.6 Å². The molecule has 27 heavy (non-hydrogen) atoms. The Kier molecular flexibility index (Phi) is 6.81. The number of halogens is 1. The van der Waals surface area contributed by atoms with Crippen molar-refractivity contribution in [3.8, 4) is 0 Å². The fourth-order valence-electron chi connectivity index (χ4n) is 2.91. The maximum atomic E-state index is 13.3. The van der Waals surface area contributed by atoms with Gasteiger partial charge in [0, 0.05) is 54.2 Å². The minimum atomic E-state index is -0.220. The summed E-state index contributed by atoms with van der Waals surface area (Å²) in [4.78, 5) is 13.5. The van der Waals surface area contributed by atoms with Crippen molar-refractivity contribution in [1.82, 2.24) is 20.6 Å². The highest BCUT2D eigenvalue weighted by molar-refractivity contribution is 7.11. The zero-order valence-electron chi connectivity index (χ0n) is 15.8. The first-order valence-electron chi connectivity index (χ1n) is 9.40. The number of nitrogens with zero attached hydrogens (tertiary/aromatic N) is 2. The highest BCUT2D eigenvalue weighted by atomic mass is 32.1. The summed E-state index contributed by atoms with van der Waals surface area (Å²) in [7, 11) is 0. The molecule has 0 aliphatic carbocycles. The van der Waals surface area contributed by atoms with Gasteiger partial charge in [0.05, 0.1) is 5.01 Å². The Morgan fingerprint density at radius 1 is 1.26 bits per heavy atom. The van der Waals surface area contributed by atoms with Crippen molar-refractivity contribution < 1.29 is 4.39 Å². The lowest BCUT2D eigenvalue weighted by Gasteiger charge is -2.11. The summed E-state index contributed by atoms with van der Waals surface area (Å²) in [6.07, 6.45) is 6.63. The average molecular weight is 388 g/mol. The van der Waals surface area contributed by atoms with Gasteiger partial charge in [-0.2, -0.15) is 0 Å². The molecule has 0 aliphatic heterocycles. The Bertz CT molecular complexity index is 899. The number of hydrogen-bond acceptors (Lipinski definition) is 3. The molecule has 0 amide bonds. The van der Waals surface area contributed by atoms with Crippen molar-refractivity contribution in [2.24, 2.45) is 4.99 Å². The van der Waals surface area contributed by atoms with Gasteiger partial charge in [0.25, 0.3) is 0 Å². The highest BCUT2D eigenvalue weighted by Crippen LogP contribution is 2.19. The van der Waals surface area contributed by atoms with Gasteiger partial charge < -0.3 is 15.6 Å². The molecule has 1 aromatic carbocycles. The summed E-state index contributed by atoms with van der Waals surface area (Å²) in [5, 5.41) is 8.85. The number of fused-ring (bicyclic) bond motifs is 1. The number of aromatic amines is 1. The van der Waals surface area contributed by atoms with E-state index in [9.17, 15) is 4.39 Å². The van der Waals surface area contributed by atoms with E-state index in [-0.39, 0.29) is 5.82 Å². The third-order valence-electron chi connectivity index (χ3n) is 4.31. The zero-order valence-corrected chi connectivity index (χ0v) is 16.6. The summed E-state index contributed by atoms with van der Waals surface area (Å²) < 4.78 is 13.3. The van der Waals surface area contributed by atoms with E-state index < -0.39 is 0 Å². The smallest absolute Gasteiger partial charge is 0.191 e. The van der Waals surface area contributed by atoms with Gasteiger partial charge >= 0.3 is 0 Å². The topological polar surface area (TPSA) is 65.1 Å². The van der Waals surface area contributed by atoms with Crippen LogP contribution in [0.5, 0.6) is 0 Å². The number of aliphatic imine (C=N–C) groups is 1. The molecule has 5 nitrogen and oxygen atoms in total. The first kappa shape index (κ1) is 19.4. The van der Waals surface area contributed by atoms with E-state index in [0.717, 1.165) is 54.2 Å². The largest absolute Gasteiger partial charge is 0.361 e. The molecule has 0 radical (unpaired) electrons. The monoisotopic (exact) mass is 387 g/mol. The van der Waals surface area contributed by atoms with Crippen LogP contribution in [0.2, 0.25) is 0 Å². The molecule has 2 aromatic heterocycles. The molecule has 3 aromatic rings. The van der Waals surface area contributed by atoms with Gasteiger partial charge in [-0.25, -0.2) is 9.37 Å². The molecule has 0 atom stereocenters. The minimum Gasteiger partial charge on any atom is -0.361 e. The van der Waals surface area contributed by atoms with Crippen LogP contribution in [0.15, 0.2) is 35.6 Å². The second-order valence-electron chi connectivity index (χ2n) is 6.27. The molecule has 0 saturated carbocycles. The molecule has 7 heteroatoms. The first-order valence-corrected chi connectivity index (χ1v) is 10.2. The predicted molar refractivity (Wildman–Crippen MR) is 111 cm³/mol. The quantitative estimate of drug-likeness (QED) is 0.408. The number of guanidine groups is 1. The standard InChI is InChI=1S/C20H26FN5S/c1-3-16-13-26-19(27-16)8-10-24-20(22-4-2)23-9-7-14-12-25-18-11-15(21)5-6-17(14)18/h5-6,11-13,25H,3-4,7-10H2,1-2H3,(H2,22,23,24). The second-order valence-corrected chi connectivity index (χ2v) is 7.46. The fraction of sp³-hybridized carbons (Fsp3) is 0.400. The van der Waals surface area contributed by atoms with Crippen LogP contribution in [-0.4, -0.2) is 35.6 Å². The molecule has 0 bridgehead atoms. The Morgan fingerprint density at radius 2 is 2.15 bits per heavy atom. The van der Waals surface area contributed by atoms with Crippen LogP contribution >= 0.6 is 11.3 Å². The van der Waals surface area contributed by atoms with E-state index in [1.54, 1.807) is 11.3 Å². The Morgan fingerprint density at radius 3 is 2.93 bits per heavy atom. The third kappa shape index (κ3) is 5.29. The van der Waals surface area contributed by atoms with E-state index in [1.807, 2.05) is 18.5 Å². The lowest BCUT2D eigenvalue weighted by atomic mass is 10.1. The van der Waals surface area contributed by atoms with Crippen LogP contribution in [-0.2, 0) is 19.3 Å². The number of H-pyrrole nitrogens is 1. The summed E-state index contributed by atoms with van der Waals surface area (Å²) in [5.74, 6) is 0.595. The van der Waals surface area contributed by atoms with Crippen molar-refractivity contribution >= 4 is 28.2 Å². The maximum Gasteiger partial charge on any atom is 0.191 e. The lowest BCUT2D eigenvalue weighted by molar-refractivity contribution is 0.629. The number of nitrogens with one attached hydrogen (secondary N) is 3. The number of hydrogen-bond donors (Lipinski definition) is 3. The average Bonchev–Trinajstić information content (AvgIpc) is 3.28. The molecule has 0 spiro atoms. The van der Waals surface area contributed by atoms with Crippen molar-refractivity contribution in [1.29, 1.82) is 0 Å². The van der Waals surface area contributed by atoms with Crippen LogP contribution in [0, 0.1) is 5.82 Å². The number of aryl methyl sites for hydroxylation is 1. The van der Waals surface area contributed by atoms with Gasteiger partial charge in [0.2, 0.25) is 0 Å². The van der Waals surface area contributed by atoms with Crippen LogP contribution in [0.3, 0.4) is 0 Å². The third-order valence-corrected chi connectivity index (χ3v) is 5.51. The van der Waals surface area contributed by atoms with Gasteiger partial charge in [-0.05, 0) is 43.5 Å². The second kappa shape index (κ2) is 9.50. The first-order chi connectivity index (χ1) is 13.2. The Hall–Kier alpha value is -2.41. The van der Waals surface area contributed by atoms with Gasteiger partial charge in [0.15, 0.2) is 5.96 Å². The minimum absolute atomic E-state index is 0.220. The molecule has 3 rings (SSSR count). The maximum absolute atomic E-state index is 13.3. The van der Waals surface area contributed by atoms with Crippen LogP contribution < -0.4 is 10.6 Å².